The monoisotopic (exact) mass is 376 g/mol. The molecule has 1 aliphatic rings. The van der Waals surface area contributed by atoms with Crippen LogP contribution in [0.3, 0.4) is 0 Å². The number of hydrogen-bond acceptors (Lipinski definition) is 4. The molecule has 0 spiro atoms. The van der Waals surface area contributed by atoms with E-state index in [0.717, 1.165) is 30.0 Å². The Kier molecular flexibility index (Phi) is 5.34. The summed E-state index contributed by atoms with van der Waals surface area (Å²) >= 11 is 0. The molecule has 1 N–H and O–H groups in total. The molecule has 1 aliphatic heterocycles. The van der Waals surface area contributed by atoms with E-state index in [9.17, 15) is 4.79 Å². The van der Waals surface area contributed by atoms with Crippen LogP contribution in [0.25, 0.3) is 5.82 Å². The number of aromatic nitrogens is 3. The molecule has 3 heterocycles. The number of amides is 2. The van der Waals surface area contributed by atoms with E-state index in [-0.39, 0.29) is 12.1 Å². The van der Waals surface area contributed by atoms with E-state index < -0.39 is 0 Å². The van der Waals surface area contributed by atoms with E-state index in [1.807, 2.05) is 47.5 Å². The quantitative estimate of drug-likeness (QED) is 0.760. The zero-order valence-electron chi connectivity index (χ0n) is 15.9. The number of nitrogens with one attached hydrogen (secondary N) is 1. The van der Waals surface area contributed by atoms with Gasteiger partial charge in [0.2, 0.25) is 0 Å². The summed E-state index contributed by atoms with van der Waals surface area (Å²) in [5.74, 6) is 0.735. The summed E-state index contributed by atoms with van der Waals surface area (Å²) in [4.78, 5) is 21.5. The largest absolute Gasteiger partial charge is 0.334 e. The Morgan fingerprint density at radius 1 is 1.14 bits per heavy atom. The van der Waals surface area contributed by atoms with Gasteiger partial charge in [-0.05, 0) is 36.4 Å². The molecule has 1 fully saturated rings. The molecule has 2 aromatic heterocycles. The fourth-order valence-corrected chi connectivity index (χ4v) is 3.50. The highest BCUT2D eigenvalue weighted by Crippen LogP contribution is 2.24. The van der Waals surface area contributed by atoms with Crippen molar-refractivity contribution in [3.8, 4) is 5.82 Å². The molecule has 144 valence electrons. The first kappa shape index (κ1) is 18.2. The van der Waals surface area contributed by atoms with Gasteiger partial charge in [-0.25, -0.2) is 14.5 Å². The second-order valence-electron chi connectivity index (χ2n) is 7.01. The zero-order chi connectivity index (χ0) is 19.3. The SMILES string of the molecule is CN1CCN(C(=O)NCc2ccnc(-n3cccn3)c2)[C@H](c2ccccc2)C1. The maximum absolute atomic E-state index is 12.9. The summed E-state index contributed by atoms with van der Waals surface area (Å²) in [6.45, 7) is 2.85. The van der Waals surface area contributed by atoms with Crippen LogP contribution >= 0.6 is 0 Å². The van der Waals surface area contributed by atoms with Crippen LogP contribution in [0.15, 0.2) is 67.1 Å². The number of likely N-dealkylation sites (N-methyl/N-ethyl adjacent to an activating group) is 1. The normalized spacial score (nSPS) is 17.5. The van der Waals surface area contributed by atoms with Crippen molar-refractivity contribution in [1.82, 2.24) is 29.9 Å². The van der Waals surface area contributed by atoms with Gasteiger partial charge < -0.3 is 15.1 Å². The summed E-state index contributed by atoms with van der Waals surface area (Å²) < 4.78 is 1.71. The van der Waals surface area contributed by atoms with Crippen LogP contribution in [0.4, 0.5) is 4.79 Å². The lowest BCUT2D eigenvalue weighted by Gasteiger charge is -2.40. The number of rotatable bonds is 4. The third-order valence-electron chi connectivity index (χ3n) is 5.02. The lowest BCUT2D eigenvalue weighted by Crippen LogP contribution is -2.52. The molecule has 0 aliphatic carbocycles. The number of carbonyl (C=O) groups excluding carboxylic acids is 1. The number of nitrogens with zero attached hydrogens (tertiary/aromatic N) is 5. The molecule has 0 unspecified atom stereocenters. The minimum absolute atomic E-state index is 0.0422. The first-order valence-corrected chi connectivity index (χ1v) is 9.43. The van der Waals surface area contributed by atoms with Crippen molar-refractivity contribution in [1.29, 1.82) is 0 Å². The van der Waals surface area contributed by atoms with E-state index >= 15 is 0 Å². The zero-order valence-corrected chi connectivity index (χ0v) is 15.9. The minimum atomic E-state index is -0.0422. The maximum Gasteiger partial charge on any atom is 0.318 e. The number of piperazine rings is 1. The number of urea groups is 1. The first-order chi connectivity index (χ1) is 13.7. The van der Waals surface area contributed by atoms with Gasteiger partial charge in [0, 0.05) is 44.8 Å². The second-order valence-corrected chi connectivity index (χ2v) is 7.01. The number of benzene rings is 1. The third kappa shape index (κ3) is 4.04. The van der Waals surface area contributed by atoms with Crippen molar-refractivity contribution >= 4 is 6.03 Å². The molecular weight excluding hydrogens is 352 g/mol. The first-order valence-electron chi connectivity index (χ1n) is 9.43. The summed E-state index contributed by atoms with van der Waals surface area (Å²) in [6, 6.07) is 15.9. The molecule has 0 bridgehead atoms. The average molecular weight is 376 g/mol. The van der Waals surface area contributed by atoms with E-state index in [2.05, 4.69) is 39.5 Å². The Labute approximate surface area is 164 Å². The summed E-state index contributed by atoms with van der Waals surface area (Å²) in [5, 5.41) is 7.27. The molecule has 1 atom stereocenters. The molecule has 28 heavy (non-hydrogen) atoms. The van der Waals surface area contributed by atoms with E-state index in [4.69, 9.17) is 0 Å². The van der Waals surface area contributed by atoms with Gasteiger partial charge in [0.25, 0.3) is 0 Å². The number of pyridine rings is 1. The Balaban J connectivity index is 1.45. The topological polar surface area (TPSA) is 66.3 Å². The number of hydrogen-bond donors (Lipinski definition) is 1. The van der Waals surface area contributed by atoms with Gasteiger partial charge in [-0.3, -0.25) is 0 Å². The fourth-order valence-electron chi connectivity index (χ4n) is 3.50. The van der Waals surface area contributed by atoms with Crippen molar-refractivity contribution in [2.75, 3.05) is 26.7 Å². The Morgan fingerprint density at radius 3 is 2.79 bits per heavy atom. The summed E-state index contributed by atoms with van der Waals surface area (Å²) in [5.41, 5.74) is 2.15. The van der Waals surface area contributed by atoms with E-state index in [1.165, 1.54) is 0 Å². The minimum Gasteiger partial charge on any atom is -0.334 e. The molecular formula is C21H24N6O. The second kappa shape index (κ2) is 8.22. The maximum atomic E-state index is 12.9. The van der Waals surface area contributed by atoms with Gasteiger partial charge in [-0.1, -0.05) is 30.3 Å². The fraction of sp³-hybridized carbons (Fsp3) is 0.286. The van der Waals surface area contributed by atoms with Gasteiger partial charge in [-0.2, -0.15) is 5.10 Å². The standard InChI is InChI=1S/C21H24N6O/c1-25-12-13-26(19(16-25)18-6-3-2-4-7-18)21(28)23-15-17-8-10-22-20(14-17)27-11-5-9-24-27/h2-11,14,19H,12-13,15-16H2,1H3,(H,23,28)/t19-/m0/s1. The lowest BCUT2D eigenvalue weighted by molar-refractivity contribution is 0.108. The summed E-state index contributed by atoms with van der Waals surface area (Å²) in [7, 11) is 2.10. The third-order valence-corrected chi connectivity index (χ3v) is 5.02. The predicted octanol–water partition coefficient (Wildman–Crippen LogP) is 2.47. The van der Waals surface area contributed by atoms with Crippen molar-refractivity contribution in [2.45, 2.75) is 12.6 Å². The van der Waals surface area contributed by atoms with Crippen LogP contribution in [0.2, 0.25) is 0 Å². The van der Waals surface area contributed by atoms with E-state index in [1.54, 1.807) is 17.1 Å². The van der Waals surface area contributed by atoms with Gasteiger partial charge >= 0.3 is 6.03 Å². The summed E-state index contributed by atoms with van der Waals surface area (Å²) in [6.07, 6.45) is 5.30. The van der Waals surface area contributed by atoms with Crippen LogP contribution in [0, 0.1) is 0 Å². The van der Waals surface area contributed by atoms with Crippen molar-refractivity contribution in [3.63, 3.8) is 0 Å². The number of carbonyl (C=O) groups is 1. The van der Waals surface area contributed by atoms with Gasteiger partial charge in [0.05, 0.1) is 6.04 Å². The van der Waals surface area contributed by atoms with Crippen molar-refractivity contribution in [2.24, 2.45) is 0 Å². The Morgan fingerprint density at radius 2 is 2.00 bits per heavy atom. The highest BCUT2D eigenvalue weighted by Gasteiger charge is 2.30. The predicted molar refractivity (Wildman–Crippen MR) is 107 cm³/mol. The van der Waals surface area contributed by atoms with Crippen molar-refractivity contribution in [3.05, 3.63) is 78.2 Å². The average Bonchev–Trinajstić information content (AvgIpc) is 3.28. The van der Waals surface area contributed by atoms with Gasteiger partial charge in [0.15, 0.2) is 5.82 Å². The molecule has 0 saturated carbocycles. The van der Waals surface area contributed by atoms with Gasteiger partial charge in [0.1, 0.15) is 0 Å². The molecule has 1 aromatic carbocycles. The lowest BCUT2D eigenvalue weighted by atomic mass is 10.0. The molecule has 1 saturated heterocycles. The highest BCUT2D eigenvalue weighted by molar-refractivity contribution is 5.75. The van der Waals surface area contributed by atoms with Crippen molar-refractivity contribution < 1.29 is 4.79 Å². The molecule has 7 heteroatoms. The molecule has 2 amide bonds. The van der Waals surface area contributed by atoms with Crippen LogP contribution in [-0.4, -0.2) is 57.3 Å². The van der Waals surface area contributed by atoms with Crippen LogP contribution < -0.4 is 5.32 Å². The molecule has 3 aromatic rings. The van der Waals surface area contributed by atoms with E-state index in [0.29, 0.717) is 13.1 Å². The Bertz CT molecular complexity index is 912. The van der Waals surface area contributed by atoms with Crippen LogP contribution in [0.5, 0.6) is 0 Å². The molecule has 7 nitrogen and oxygen atoms in total. The van der Waals surface area contributed by atoms with Gasteiger partial charge in [-0.15, -0.1) is 0 Å². The van der Waals surface area contributed by atoms with Crippen LogP contribution in [0.1, 0.15) is 17.2 Å². The highest BCUT2D eigenvalue weighted by atomic mass is 16.2. The van der Waals surface area contributed by atoms with Crippen LogP contribution in [-0.2, 0) is 6.54 Å². The Hall–Kier alpha value is -3.19. The smallest absolute Gasteiger partial charge is 0.318 e. The molecule has 0 radical (unpaired) electrons. The molecule has 4 rings (SSSR count).